The van der Waals surface area contributed by atoms with Crippen LogP contribution in [0.1, 0.15) is 36.5 Å². The molecule has 0 aliphatic carbocycles. The Kier molecular flexibility index (Phi) is 7.24. The van der Waals surface area contributed by atoms with E-state index in [1.54, 1.807) is 0 Å². The smallest absolute Gasteiger partial charge is 0.340 e. The first-order valence-corrected chi connectivity index (χ1v) is 10.6. The van der Waals surface area contributed by atoms with Gasteiger partial charge in [-0.1, -0.05) is 13.3 Å². The van der Waals surface area contributed by atoms with Crippen molar-refractivity contribution in [2.24, 2.45) is 0 Å². The van der Waals surface area contributed by atoms with E-state index in [4.69, 9.17) is 0 Å². The molecule has 1 unspecified atom stereocenters. The largest absolute Gasteiger partial charge is 0.471 e. The summed E-state index contributed by atoms with van der Waals surface area (Å²) < 4.78 is 78.1. The molecule has 2 rings (SSSR count). The van der Waals surface area contributed by atoms with E-state index in [0.717, 1.165) is 18.7 Å². The van der Waals surface area contributed by atoms with Crippen LogP contribution in [0.25, 0.3) is 0 Å². The number of nitrogens with zero attached hydrogens (tertiary/aromatic N) is 2. The van der Waals surface area contributed by atoms with E-state index >= 15 is 0 Å². The van der Waals surface area contributed by atoms with Crippen LogP contribution in [0.2, 0.25) is 0 Å². The molecule has 1 saturated heterocycles. The van der Waals surface area contributed by atoms with Crippen molar-refractivity contribution in [3.63, 3.8) is 0 Å². The van der Waals surface area contributed by atoms with Crippen LogP contribution < -0.4 is 4.74 Å². The summed E-state index contributed by atoms with van der Waals surface area (Å²) in [5.74, 6) is -5.12. The van der Waals surface area contributed by atoms with Crippen molar-refractivity contribution >= 4 is 15.7 Å². The lowest BCUT2D eigenvalue weighted by molar-refractivity contribution is -0.148. The Morgan fingerprint density at radius 2 is 2.11 bits per heavy atom. The van der Waals surface area contributed by atoms with Crippen molar-refractivity contribution in [3.8, 4) is 5.88 Å². The summed E-state index contributed by atoms with van der Waals surface area (Å²) in [5.41, 5.74) is 0.133. The fourth-order valence-electron chi connectivity index (χ4n) is 2.79. The van der Waals surface area contributed by atoms with E-state index in [1.165, 1.54) is 11.0 Å². The van der Waals surface area contributed by atoms with Gasteiger partial charge in [-0.15, -0.1) is 0 Å². The van der Waals surface area contributed by atoms with Gasteiger partial charge in [0.1, 0.15) is 0 Å². The SMILES string of the molecule is CCCCN(C(=O)c1ccc(OCC(F)(F)C(F)F)nc1)C1CCS(=O)(=O)C1. The third-order valence-corrected chi connectivity index (χ3v) is 6.13. The van der Waals surface area contributed by atoms with Gasteiger partial charge in [-0.05, 0) is 18.9 Å². The first-order valence-electron chi connectivity index (χ1n) is 8.82. The molecule has 1 aromatic rings. The minimum absolute atomic E-state index is 0.0247. The van der Waals surface area contributed by atoms with Gasteiger partial charge in [-0.2, -0.15) is 8.78 Å². The molecule has 6 nitrogen and oxygen atoms in total. The lowest BCUT2D eigenvalue weighted by atomic mass is 10.1. The lowest BCUT2D eigenvalue weighted by Gasteiger charge is -2.28. The molecular weight excluding hydrogens is 404 g/mol. The molecule has 11 heteroatoms. The molecule has 2 heterocycles. The van der Waals surface area contributed by atoms with Crippen molar-refractivity contribution < 1.29 is 35.5 Å². The molecule has 0 aromatic carbocycles. The molecule has 1 atom stereocenters. The molecule has 1 aromatic heterocycles. The van der Waals surface area contributed by atoms with Gasteiger partial charge in [-0.25, -0.2) is 22.2 Å². The Bertz CT molecular complexity index is 772. The van der Waals surface area contributed by atoms with Crippen LogP contribution in [0.15, 0.2) is 18.3 Å². The Labute approximate surface area is 160 Å². The highest BCUT2D eigenvalue weighted by atomic mass is 32.2. The maximum absolute atomic E-state index is 12.9. The highest BCUT2D eigenvalue weighted by molar-refractivity contribution is 7.91. The average molecular weight is 426 g/mol. The van der Waals surface area contributed by atoms with Crippen LogP contribution >= 0.6 is 0 Å². The van der Waals surface area contributed by atoms with E-state index in [-0.39, 0.29) is 22.9 Å². The van der Waals surface area contributed by atoms with Crippen molar-refractivity contribution in [2.45, 2.75) is 44.6 Å². The first-order chi connectivity index (χ1) is 13.1. The zero-order chi connectivity index (χ0) is 20.9. The third-order valence-electron chi connectivity index (χ3n) is 4.38. The van der Waals surface area contributed by atoms with Crippen molar-refractivity contribution in [1.29, 1.82) is 0 Å². The molecule has 1 amide bonds. The topological polar surface area (TPSA) is 76.6 Å². The first kappa shape index (κ1) is 22.4. The number of sulfone groups is 1. The molecule has 0 saturated carbocycles. The predicted octanol–water partition coefficient (Wildman–Crippen LogP) is 2.79. The molecule has 1 aliphatic heterocycles. The Morgan fingerprint density at radius 3 is 2.61 bits per heavy atom. The number of hydrogen-bond donors (Lipinski definition) is 0. The average Bonchev–Trinajstić information content (AvgIpc) is 3.00. The standard InChI is InChI=1S/C17H22F4N2O4S/c1-2-3-7-23(13-6-8-28(25,26)10-13)15(24)12-4-5-14(22-9-12)27-11-17(20,21)16(18)19/h4-5,9,13,16H,2-3,6-8,10-11H2,1H3. The summed E-state index contributed by atoms with van der Waals surface area (Å²) >= 11 is 0. The highest BCUT2D eigenvalue weighted by Crippen LogP contribution is 2.24. The van der Waals surface area contributed by atoms with Crippen molar-refractivity contribution in [2.75, 3.05) is 24.7 Å². The molecule has 0 radical (unpaired) electrons. The van der Waals surface area contributed by atoms with Gasteiger partial charge in [0, 0.05) is 24.8 Å². The number of aromatic nitrogens is 1. The van der Waals surface area contributed by atoms with Crippen molar-refractivity contribution in [3.05, 3.63) is 23.9 Å². The molecule has 0 N–H and O–H groups in total. The highest BCUT2D eigenvalue weighted by Gasteiger charge is 2.42. The van der Waals surface area contributed by atoms with Gasteiger partial charge in [0.15, 0.2) is 16.4 Å². The zero-order valence-corrected chi connectivity index (χ0v) is 16.1. The molecular formula is C17H22F4N2O4S. The summed E-state index contributed by atoms with van der Waals surface area (Å²) in [7, 11) is -3.18. The number of alkyl halides is 4. The number of pyridine rings is 1. The van der Waals surface area contributed by atoms with E-state index in [9.17, 15) is 30.8 Å². The van der Waals surface area contributed by atoms with Crippen LogP contribution in [0.4, 0.5) is 17.6 Å². The van der Waals surface area contributed by atoms with E-state index in [0.29, 0.717) is 19.4 Å². The van der Waals surface area contributed by atoms with E-state index in [2.05, 4.69) is 9.72 Å². The maximum Gasteiger partial charge on any atom is 0.340 e. The summed E-state index contributed by atoms with van der Waals surface area (Å²) in [5, 5.41) is 0. The quantitative estimate of drug-likeness (QED) is 0.568. The second-order valence-electron chi connectivity index (χ2n) is 6.64. The number of unbranched alkanes of at least 4 members (excludes halogenated alkanes) is 1. The number of ether oxygens (including phenoxy) is 1. The predicted molar refractivity (Wildman–Crippen MR) is 93.7 cm³/mol. The number of carbonyl (C=O) groups excluding carboxylic acids is 1. The van der Waals surface area contributed by atoms with Crippen LogP contribution in [-0.2, 0) is 9.84 Å². The number of rotatable bonds is 9. The lowest BCUT2D eigenvalue weighted by Crippen LogP contribution is -2.41. The summed E-state index contributed by atoms with van der Waals surface area (Å²) in [4.78, 5) is 18.0. The third kappa shape index (κ3) is 5.79. The van der Waals surface area contributed by atoms with Crippen molar-refractivity contribution in [1.82, 2.24) is 9.88 Å². The van der Waals surface area contributed by atoms with Crippen LogP contribution in [-0.4, -0.2) is 67.3 Å². The molecule has 1 fully saturated rings. The summed E-state index contributed by atoms with van der Waals surface area (Å²) in [6, 6.07) is 2.00. The second kappa shape index (κ2) is 9.06. The van der Waals surface area contributed by atoms with Crippen LogP contribution in [0, 0.1) is 0 Å². The number of halogens is 4. The second-order valence-corrected chi connectivity index (χ2v) is 8.87. The summed E-state index contributed by atoms with van der Waals surface area (Å²) in [6.07, 6.45) is -0.898. The fraction of sp³-hybridized carbons (Fsp3) is 0.647. The summed E-state index contributed by atoms with van der Waals surface area (Å²) in [6.45, 7) is 0.790. The van der Waals surface area contributed by atoms with Crippen LogP contribution in [0.3, 0.4) is 0 Å². The molecule has 28 heavy (non-hydrogen) atoms. The number of carbonyl (C=O) groups is 1. The van der Waals surface area contributed by atoms with E-state index in [1.807, 2.05) is 6.92 Å². The molecule has 1 aliphatic rings. The molecule has 0 spiro atoms. The monoisotopic (exact) mass is 426 g/mol. The van der Waals surface area contributed by atoms with Gasteiger partial charge >= 0.3 is 12.3 Å². The Hall–Kier alpha value is -1.91. The van der Waals surface area contributed by atoms with Gasteiger partial charge < -0.3 is 9.64 Å². The minimum atomic E-state index is -4.30. The molecule has 0 bridgehead atoms. The number of hydrogen-bond acceptors (Lipinski definition) is 5. The fourth-order valence-corrected chi connectivity index (χ4v) is 4.52. The van der Waals surface area contributed by atoms with Crippen LogP contribution in [0.5, 0.6) is 5.88 Å². The normalized spacial score (nSPS) is 19.0. The zero-order valence-electron chi connectivity index (χ0n) is 15.3. The number of amides is 1. The maximum atomic E-state index is 12.9. The van der Waals surface area contributed by atoms with Gasteiger partial charge in [0.2, 0.25) is 5.88 Å². The van der Waals surface area contributed by atoms with E-state index < -0.39 is 40.7 Å². The van der Waals surface area contributed by atoms with Gasteiger partial charge in [0.25, 0.3) is 5.91 Å². The van der Waals surface area contributed by atoms with Gasteiger partial charge in [-0.3, -0.25) is 4.79 Å². The van der Waals surface area contributed by atoms with Gasteiger partial charge in [0.05, 0.1) is 17.1 Å². The Balaban J connectivity index is 2.08. The Morgan fingerprint density at radius 1 is 1.39 bits per heavy atom. The molecule has 158 valence electrons. The minimum Gasteiger partial charge on any atom is -0.471 e.